The number of rotatable bonds is 6. The first-order valence-electron chi connectivity index (χ1n) is 8.30. The van der Waals surface area contributed by atoms with Crippen LogP contribution in [0.5, 0.6) is 0 Å². The van der Waals surface area contributed by atoms with Gasteiger partial charge in [0.1, 0.15) is 0 Å². The van der Waals surface area contributed by atoms with E-state index < -0.39 is 20.4 Å². The fourth-order valence-electron chi connectivity index (χ4n) is 2.15. The van der Waals surface area contributed by atoms with Gasteiger partial charge in [0, 0.05) is 6.54 Å². The Hall–Kier alpha value is -1.66. The van der Waals surface area contributed by atoms with Crippen molar-refractivity contribution >= 4 is 20.2 Å². The third-order valence-electron chi connectivity index (χ3n) is 4.86. The molecule has 2 rings (SSSR count). The number of ether oxygens (including phenoxy) is 1. The zero-order valence-corrected chi connectivity index (χ0v) is 16.2. The molecule has 0 aliphatic carbocycles. The molecule has 1 aromatic rings. The van der Waals surface area contributed by atoms with Crippen molar-refractivity contribution in [2.75, 3.05) is 19.7 Å². The predicted octanol–water partition coefficient (Wildman–Crippen LogP) is 3.08. The van der Waals surface area contributed by atoms with E-state index in [1.165, 1.54) is 0 Å². The van der Waals surface area contributed by atoms with Gasteiger partial charge in [0.15, 0.2) is 14.4 Å². The summed E-state index contributed by atoms with van der Waals surface area (Å²) in [4.78, 5) is 25.7. The third kappa shape index (κ3) is 4.24. The highest BCUT2D eigenvalue weighted by Gasteiger charge is 2.41. The summed E-state index contributed by atoms with van der Waals surface area (Å²) in [7, 11) is -1.79. The van der Waals surface area contributed by atoms with Gasteiger partial charge in [0.05, 0.1) is 18.7 Å². The van der Waals surface area contributed by atoms with Crippen molar-refractivity contribution in [3.63, 3.8) is 0 Å². The summed E-state index contributed by atoms with van der Waals surface area (Å²) in [5.74, 6) is -0.593. The van der Waals surface area contributed by atoms with Crippen molar-refractivity contribution in [1.29, 1.82) is 0 Å². The van der Waals surface area contributed by atoms with Gasteiger partial charge in [-0.2, -0.15) is 0 Å². The lowest BCUT2D eigenvalue weighted by Gasteiger charge is -2.40. The Labute approximate surface area is 145 Å². The molecule has 5 nitrogen and oxygen atoms in total. The number of esters is 1. The molecule has 1 saturated heterocycles. The quantitative estimate of drug-likeness (QED) is 0.450. The van der Waals surface area contributed by atoms with Crippen LogP contribution in [-0.4, -0.2) is 50.9 Å². The van der Waals surface area contributed by atoms with E-state index in [2.05, 4.69) is 33.9 Å². The molecule has 1 aliphatic heterocycles. The summed E-state index contributed by atoms with van der Waals surface area (Å²) in [6.45, 7) is 12.5. The van der Waals surface area contributed by atoms with Crippen LogP contribution in [0.2, 0.25) is 18.1 Å². The zero-order valence-electron chi connectivity index (χ0n) is 15.2. The number of amides is 1. The Bertz CT molecular complexity index is 595. The Morgan fingerprint density at radius 3 is 2.42 bits per heavy atom. The Kier molecular flexibility index (Phi) is 5.50. The van der Waals surface area contributed by atoms with Gasteiger partial charge in [-0.05, 0) is 30.3 Å². The number of carbonyl (C=O) groups excluding carboxylic acids is 2. The number of β-lactam (4-membered cyclic amide) rings is 1. The lowest BCUT2D eigenvalue weighted by Crippen LogP contribution is -2.59. The van der Waals surface area contributed by atoms with E-state index in [-0.39, 0.29) is 10.9 Å². The van der Waals surface area contributed by atoms with Crippen LogP contribution in [0.3, 0.4) is 0 Å². The van der Waals surface area contributed by atoms with Crippen molar-refractivity contribution in [2.45, 2.75) is 45.0 Å². The first-order valence-corrected chi connectivity index (χ1v) is 11.2. The minimum absolute atomic E-state index is 0.141. The monoisotopic (exact) mass is 349 g/mol. The van der Waals surface area contributed by atoms with Crippen LogP contribution in [-0.2, 0) is 14.0 Å². The van der Waals surface area contributed by atoms with Crippen LogP contribution in [0.15, 0.2) is 30.3 Å². The number of hydrogen-bond acceptors (Lipinski definition) is 4. The number of likely N-dealkylation sites (tertiary alicyclic amines) is 1. The largest absolute Gasteiger partial charge is 0.447 e. The number of hydrogen-bond donors (Lipinski definition) is 0. The second-order valence-electron chi connectivity index (χ2n) is 7.65. The zero-order chi connectivity index (χ0) is 18.0. The van der Waals surface area contributed by atoms with E-state index in [1.807, 2.05) is 6.07 Å². The Morgan fingerprint density at radius 2 is 1.88 bits per heavy atom. The van der Waals surface area contributed by atoms with Crippen LogP contribution in [0.25, 0.3) is 0 Å². The first kappa shape index (κ1) is 18.7. The van der Waals surface area contributed by atoms with Crippen LogP contribution >= 0.6 is 0 Å². The maximum atomic E-state index is 12.1. The highest BCUT2D eigenvalue weighted by atomic mass is 28.4. The standard InChI is InChI=1S/C18H27NO4Si/c1-18(2,3)24(4,5)22-12-11-19-13-15(16(19)20)23-17(21)14-9-7-6-8-10-14/h6-10,15H,11-13H2,1-5H3/t15-/m1/s1. The molecule has 24 heavy (non-hydrogen) atoms. The van der Waals surface area contributed by atoms with Gasteiger partial charge < -0.3 is 14.1 Å². The first-order chi connectivity index (χ1) is 11.1. The minimum Gasteiger partial charge on any atom is -0.447 e. The summed E-state index contributed by atoms with van der Waals surface area (Å²) < 4.78 is 11.3. The van der Waals surface area contributed by atoms with Crippen LogP contribution in [0, 0.1) is 0 Å². The average molecular weight is 350 g/mol. The maximum Gasteiger partial charge on any atom is 0.338 e. The van der Waals surface area contributed by atoms with E-state index in [0.29, 0.717) is 25.3 Å². The summed E-state index contributed by atoms with van der Waals surface area (Å²) in [6.07, 6.45) is -0.662. The second-order valence-corrected chi connectivity index (χ2v) is 12.5. The van der Waals surface area contributed by atoms with Gasteiger partial charge in [-0.1, -0.05) is 39.0 Å². The van der Waals surface area contributed by atoms with Crippen LogP contribution in [0.4, 0.5) is 0 Å². The van der Waals surface area contributed by atoms with E-state index in [0.717, 1.165) is 0 Å². The molecule has 1 heterocycles. The van der Waals surface area contributed by atoms with Crippen LogP contribution < -0.4 is 0 Å². The number of benzene rings is 1. The topological polar surface area (TPSA) is 55.8 Å². The molecule has 1 amide bonds. The molecule has 132 valence electrons. The molecule has 6 heteroatoms. The van der Waals surface area contributed by atoms with Gasteiger partial charge in [-0.25, -0.2) is 4.79 Å². The highest BCUT2D eigenvalue weighted by molar-refractivity contribution is 6.74. The van der Waals surface area contributed by atoms with Gasteiger partial charge in [0.25, 0.3) is 5.91 Å². The summed E-state index contributed by atoms with van der Waals surface area (Å²) in [6, 6.07) is 8.72. The molecule has 1 aromatic carbocycles. The molecular formula is C18H27NO4Si. The molecule has 0 N–H and O–H groups in total. The van der Waals surface area contributed by atoms with E-state index in [4.69, 9.17) is 9.16 Å². The van der Waals surface area contributed by atoms with Crippen molar-refractivity contribution in [3.8, 4) is 0 Å². The molecule has 0 aromatic heterocycles. The van der Waals surface area contributed by atoms with Crippen LogP contribution in [0.1, 0.15) is 31.1 Å². The lowest BCUT2D eigenvalue weighted by molar-refractivity contribution is -0.157. The maximum absolute atomic E-state index is 12.1. The SMILES string of the molecule is CC(C)(C)[Si](C)(C)OCCN1C[C@@H](OC(=O)c2ccccc2)C1=O. The summed E-state index contributed by atoms with van der Waals surface area (Å²) >= 11 is 0. The van der Waals surface area contributed by atoms with E-state index >= 15 is 0 Å². The number of carbonyl (C=O) groups is 2. The molecular weight excluding hydrogens is 322 g/mol. The van der Waals surface area contributed by atoms with E-state index in [9.17, 15) is 9.59 Å². The van der Waals surface area contributed by atoms with Crippen molar-refractivity contribution in [3.05, 3.63) is 35.9 Å². The minimum atomic E-state index is -1.79. The predicted molar refractivity (Wildman–Crippen MR) is 95.4 cm³/mol. The van der Waals surface area contributed by atoms with Crippen molar-refractivity contribution in [2.24, 2.45) is 0 Å². The Balaban J connectivity index is 1.75. The fourth-order valence-corrected chi connectivity index (χ4v) is 3.18. The van der Waals surface area contributed by atoms with Gasteiger partial charge >= 0.3 is 5.97 Å². The van der Waals surface area contributed by atoms with Crippen molar-refractivity contribution < 1.29 is 18.8 Å². The highest BCUT2D eigenvalue weighted by Crippen LogP contribution is 2.36. The fraction of sp³-hybridized carbons (Fsp3) is 0.556. The Morgan fingerprint density at radius 1 is 1.25 bits per heavy atom. The van der Waals surface area contributed by atoms with Gasteiger partial charge in [-0.15, -0.1) is 0 Å². The smallest absolute Gasteiger partial charge is 0.338 e. The van der Waals surface area contributed by atoms with Gasteiger partial charge in [-0.3, -0.25) is 4.79 Å². The second kappa shape index (κ2) is 7.07. The molecule has 1 aliphatic rings. The molecule has 0 spiro atoms. The van der Waals surface area contributed by atoms with E-state index in [1.54, 1.807) is 29.2 Å². The molecule has 1 fully saturated rings. The summed E-state index contributed by atoms with van der Waals surface area (Å²) in [5, 5.41) is 0.152. The average Bonchev–Trinajstić information content (AvgIpc) is 2.52. The number of nitrogens with zero attached hydrogens (tertiary/aromatic N) is 1. The molecule has 1 atom stereocenters. The molecule has 0 bridgehead atoms. The van der Waals surface area contributed by atoms with Gasteiger partial charge in [0.2, 0.25) is 0 Å². The normalized spacial score (nSPS) is 18.3. The van der Waals surface area contributed by atoms with Crippen molar-refractivity contribution in [1.82, 2.24) is 4.90 Å². The third-order valence-corrected chi connectivity index (χ3v) is 9.40. The molecule has 0 unspecified atom stereocenters. The molecule has 0 radical (unpaired) electrons. The molecule has 0 saturated carbocycles. The summed E-state index contributed by atoms with van der Waals surface area (Å²) in [5.41, 5.74) is 0.463. The lowest BCUT2D eigenvalue weighted by atomic mass is 10.1.